The predicted octanol–water partition coefficient (Wildman–Crippen LogP) is 2.71. The summed E-state index contributed by atoms with van der Waals surface area (Å²) in [6.07, 6.45) is 7.19. The Kier molecular flexibility index (Phi) is 7.48. The first kappa shape index (κ1) is 23.2. The van der Waals surface area contributed by atoms with Gasteiger partial charge in [0.2, 0.25) is 15.9 Å². The highest BCUT2D eigenvalue weighted by atomic mass is 32.2. The average molecular weight is 463 g/mol. The van der Waals surface area contributed by atoms with E-state index in [0.29, 0.717) is 57.1 Å². The normalized spacial score (nSPS) is 18.8. The largest absolute Gasteiger partial charge is 0.379 e. The maximum atomic E-state index is 13.0. The Morgan fingerprint density at radius 2 is 1.94 bits per heavy atom. The summed E-state index contributed by atoms with van der Waals surface area (Å²) < 4.78 is 34.8. The van der Waals surface area contributed by atoms with E-state index in [0.717, 1.165) is 17.9 Å². The smallest absolute Gasteiger partial charge is 0.243 e. The summed E-state index contributed by atoms with van der Waals surface area (Å²) in [6, 6.07) is 5.13. The Labute approximate surface area is 190 Å². The lowest BCUT2D eigenvalue weighted by Crippen LogP contribution is -2.40. The van der Waals surface area contributed by atoms with Crippen LogP contribution in [-0.4, -0.2) is 61.0 Å². The summed E-state index contributed by atoms with van der Waals surface area (Å²) >= 11 is 0. The van der Waals surface area contributed by atoms with Gasteiger partial charge in [0.25, 0.3) is 0 Å². The second kappa shape index (κ2) is 10.3. The minimum Gasteiger partial charge on any atom is -0.379 e. The van der Waals surface area contributed by atoms with E-state index in [1.54, 1.807) is 12.1 Å². The predicted molar refractivity (Wildman–Crippen MR) is 123 cm³/mol. The summed E-state index contributed by atoms with van der Waals surface area (Å²) in [5, 5.41) is 3.09. The van der Waals surface area contributed by atoms with Gasteiger partial charge in [-0.2, -0.15) is 4.31 Å². The molecule has 0 atom stereocenters. The molecular weight excluding hydrogens is 428 g/mol. The molecule has 4 rings (SSSR count). The number of carbonyl (C=O) groups excluding carboxylic acids is 1. The number of aromatic nitrogens is 2. The van der Waals surface area contributed by atoms with Gasteiger partial charge in [-0.15, -0.1) is 0 Å². The number of amides is 1. The van der Waals surface area contributed by atoms with E-state index in [2.05, 4.69) is 9.88 Å². The Hall–Kier alpha value is -1.97. The third-order valence-corrected chi connectivity index (χ3v) is 8.51. The van der Waals surface area contributed by atoms with Crippen LogP contribution in [0.4, 0.5) is 0 Å². The highest BCUT2D eigenvalue weighted by Gasteiger charge is 2.27. The van der Waals surface area contributed by atoms with Crippen molar-refractivity contribution in [2.75, 3.05) is 32.8 Å². The zero-order valence-corrected chi connectivity index (χ0v) is 19.7. The van der Waals surface area contributed by atoms with Gasteiger partial charge in [-0.25, -0.2) is 13.4 Å². The molecule has 1 saturated carbocycles. The summed E-state index contributed by atoms with van der Waals surface area (Å²) in [5.41, 5.74) is 1.55. The summed E-state index contributed by atoms with van der Waals surface area (Å²) in [5.74, 6) is 1.48. The van der Waals surface area contributed by atoms with Crippen LogP contribution in [0, 0.1) is 5.92 Å². The van der Waals surface area contributed by atoms with Crippen molar-refractivity contribution in [1.82, 2.24) is 19.2 Å². The number of aryl methyl sites for hydroxylation is 2. The van der Waals surface area contributed by atoms with Gasteiger partial charge in [0, 0.05) is 39.0 Å². The number of fused-ring (bicyclic) bond motifs is 1. The maximum absolute atomic E-state index is 13.0. The Morgan fingerprint density at radius 1 is 1.19 bits per heavy atom. The molecule has 1 N–H and O–H groups in total. The Morgan fingerprint density at radius 3 is 2.66 bits per heavy atom. The number of rotatable bonds is 8. The van der Waals surface area contributed by atoms with E-state index in [1.807, 2.05) is 13.0 Å². The van der Waals surface area contributed by atoms with Gasteiger partial charge in [0.1, 0.15) is 5.82 Å². The molecule has 1 aliphatic carbocycles. The van der Waals surface area contributed by atoms with Crippen molar-refractivity contribution in [2.24, 2.45) is 5.92 Å². The standard InChI is InChI=1S/C23H34N4O4S/c1-2-27-21-9-8-19(32(29,30)26-12-14-31-15-13-26)16-20(21)25-22(27)10-11-23(28)24-17-18-6-4-3-5-7-18/h8-9,16,18H,2-7,10-15,17H2,1H3,(H,24,28). The van der Waals surface area contributed by atoms with E-state index < -0.39 is 10.0 Å². The number of morpholine rings is 1. The maximum Gasteiger partial charge on any atom is 0.243 e. The van der Waals surface area contributed by atoms with Gasteiger partial charge in [-0.3, -0.25) is 4.79 Å². The van der Waals surface area contributed by atoms with Gasteiger partial charge in [0.15, 0.2) is 0 Å². The van der Waals surface area contributed by atoms with Crippen LogP contribution >= 0.6 is 0 Å². The van der Waals surface area contributed by atoms with Gasteiger partial charge in [-0.1, -0.05) is 19.3 Å². The fourth-order valence-corrected chi connectivity index (χ4v) is 6.19. The Balaban J connectivity index is 1.44. The topological polar surface area (TPSA) is 93.5 Å². The van der Waals surface area contributed by atoms with Crippen LogP contribution in [-0.2, 0) is 32.5 Å². The molecule has 0 bridgehead atoms. The molecule has 1 amide bonds. The molecule has 0 spiro atoms. The third kappa shape index (κ3) is 5.15. The second-order valence-electron chi connectivity index (χ2n) is 8.75. The molecule has 1 aromatic carbocycles. The molecule has 176 valence electrons. The highest BCUT2D eigenvalue weighted by Crippen LogP contribution is 2.25. The lowest BCUT2D eigenvalue weighted by Gasteiger charge is -2.26. The molecule has 2 fully saturated rings. The van der Waals surface area contributed by atoms with E-state index in [4.69, 9.17) is 9.72 Å². The number of nitrogens with zero attached hydrogens (tertiary/aromatic N) is 3. The third-order valence-electron chi connectivity index (χ3n) is 6.61. The lowest BCUT2D eigenvalue weighted by molar-refractivity contribution is -0.121. The minimum absolute atomic E-state index is 0.0564. The molecule has 32 heavy (non-hydrogen) atoms. The fraction of sp³-hybridized carbons (Fsp3) is 0.652. The number of benzene rings is 1. The highest BCUT2D eigenvalue weighted by molar-refractivity contribution is 7.89. The SMILES string of the molecule is CCn1c(CCC(=O)NCC2CCCCC2)nc2cc(S(=O)(=O)N3CCOCC3)ccc21. The van der Waals surface area contributed by atoms with Crippen LogP contribution in [0.1, 0.15) is 51.3 Å². The molecule has 1 saturated heterocycles. The van der Waals surface area contributed by atoms with Crippen molar-refractivity contribution < 1.29 is 17.9 Å². The van der Waals surface area contributed by atoms with Crippen molar-refractivity contribution >= 4 is 27.0 Å². The van der Waals surface area contributed by atoms with Crippen molar-refractivity contribution in [3.05, 3.63) is 24.0 Å². The van der Waals surface area contributed by atoms with Gasteiger partial charge in [-0.05, 0) is 43.9 Å². The molecule has 2 aromatic rings. The quantitative estimate of drug-likeness (QED) is 0.651. The lowest BCUT2D eigenvalue weighted by atomic mass is 9.89. The van der Waals surface area contributed by atoms with E-state index in [1.165, 1.54) is 36.4 Å². The van der Waals surface area contributed by atoms with E-state index >= 15 is 0 Å². The first-order valence-electron chi connectivity index (χ1n) is 11.8. The molecule has 1 aliphatic heterocycles. The average Bonchev–Trinajstić information content (AvgIpc) is 3.19. The van der Waals surface area contributed by atoms with Gasteiger partial charge >= 0.3 is 0 Å². The van der Waals surface area contributed by atoms with Crippen LogP contribution in [0.3, 0.4) is 0 Å². The number of nitrogens with one attached hydrogen (secondary N) is 1. The minimum atomic E-state index is -3.57. The molecule has 2 aliphatic rings. The van der Waals surface area contributed by atoms with Crippen LogP contribution in [0.5, 0.6) is 0 Å². The van der Waals surface area contributed by atoms with E-state index in [-0.39, 0.29) is 10.8 Å². The first-order chi connectivity index (χ1) is 15.5. The van der Waals surface area contributed by atoms with Crippen molar-refractivity contribution in [2.45, 2.75) is 63.3 Å². The first-order valence-corrected chi connectivity index (χ1v) is 13.3. The van der Waals surface area contributed by atoms with Crippen molar-refractivity contribution in [3.63, 3.8) is 0 Å². The molecule has 9 heteroatoms. The van der Waals surface area contributed by atoms with Crippen molar-refractivity contribution in [1.29, 1.82) is 0 Å². The van der Waals surface area contributed by atoms with E-state index in [9.17, 15) is 13.2 Å². The number of ether oxygens (including phenoxy) is 1. The molecular formula is C23H34N4O4S. The van der Waals surface area contributed by atoms with Crippen LogP contribution in [0.25, 0.3) is 11.0 Å². The monoisotopic (exact) mass is 462 g/mol. The number of hydrogen-bond acceptors (Lipinski definition) is 5. The fourth-order valence-electron chi connectivity index (χ4n) is 4.76. The zero-order valence-electron chi connectivity index (χ0n) is 18.9. The van der Waals surface area contributed by atoms with Crippen molar-refractivity contribution in [3.8, 4) is 0 Å². The van der Waals surface area contributed by atoms with Crippen LogP contribution < -0.4 is 5.32 Å². The summed E-state index contributed by atoms with van der Waals surface area (Å²) in [4.78, 5) is 17.3. The number of carbonyl (C=O) groups is 1. The molecule has 2 heterocycles. The molecule has 8 nitrogen and oxygen atoms in total. The number of imidazole rings is 1. The second-order valence-corrected chi connectivity index (χ2v) is 10.7. The number of hydrogen-bond donors (Lipinski definition) is 1. The Bertz CT molecular complexity index is 1040. The zero-order chi connectivity index (χ0) is 22.6. The molecule has 0 radical (unpaired) electrons. The summed E-state index contributed by atoms with van der Waals surface area (Å²) in [6.45, 7) is 5.08. The molecule has 0 unspecified atom stereocenters. The van der Waals surface area contributed by atoms with Crippen LogP contribution in [0.15, 0.2) is 23.1 Å². The van der Waals surface area contributed by atoms with Crippen LogP contribution in [0.2, 0.25) is 0 Å². The van der Waals surface area contributed by atoms with Gasteiger partial charge < -0.3 is 14.6 Å². The number of sulfonamides is 1. The van der Waals surface area contributed by atoms with Gasteiger partial charge in [0.05, 0.1) is 29.1 Å². The molecule has 1 aromatic heterocycles. The summed E-state index contributed by atoms with van der Waals surface area (Å²) in [7, 11) is -3.57.